The predicted octanol–water partition coefficient (Wildman–Crippen LogP) is 3.30. The summed E-state index contributed by atoms with van der Waals surface area (Å²) < 4.78 is 3.12. The number of amides is 1. The molecule has 0 radical (unpaired) electrons. The molecule has 0 aliphatic rings. The van der Waals surface area contributed by atoms with Crippen LogP contribution in [0.1, 0.15) is 40.3 Å². The Balaban J connectivity index is 1.77. The number of aryl methyl sites for hydroxylation is 1. The molecule has 0 bridgehead atoms. The molecular weight excluding hydrogens is 382 g/mol. The molecule has 0 saturated carbocycles. The second-order valence-corrected chi connectivity index (χ2v) is 6.95. The second kappa shape index (κ2) is 7.85. The van der Waals surface area contributed by atoms with Gasteiger partial charge in [-0.1, -0.05) is 23.7 Å². The topological polar surface area (TPSA) is 102 Å². The van der Waals surface area contributed by atoms with Crippen molar-refractivity contribution in [2.45, 2.75) is 33.4 Å². The van der Waals surface area contributed by atoms with Gasteiger partial charge in [0.1, 0.15) is 6.04 Å². The normalized spacial score (nSPS) is 12.0. The van der Waals surface area contributed by atoms with Crippen molar-refractivity contribution in [3.8, 4) is 0 Å². The summed E-state index contributed by atoms with van der Waals surface area (Å²) in [5.41, 5.74) is 3.16. The van der Waals surface area contributed by atoms with Gasteiger partial charge in [0.2, 0.25) is 5.91 Å². The van der Waals surface area contributed by atoms with Crippen molar-refractivity contribution in [1.29, 1.82) is 0 Å². The Bertz CT molecular complexity index is 1040. The number of hydrogen-bond donors (Lipinski definition) is 2. The first-order chi connectivity index (χ1) is 13.3. The molecule has 28 heavy (non-hydrogen) atoms. The molecule has 3 rings (SSSR count). The first-order valence-electron chi connectivity index (χ1n) is 8.63. The van der Waals surface area contributed by atoms with E-state index < -0.39 is 12.0 Å². The number of anilines is 1. The van der Waals surface area contributed by atoms with Gasteiger partial charge >= 0.3 is 5.97 Å². The van der Waals surface area contributed by atoms with E-state index in [9.17, 15) is 9.59 Å². The number of aromatic carboxylic acids is 1. The Hall–Kier alpha value is -3.13. The Morgan fingerprint density at radius 1 is 1.32 bits per heavy atom. The first-order valence-corrected chi connectivity index (χ1v) is 9.01. The molecule has 9 heteroatoms. The van der Waals surface area contributed by atoms with Crippen LogP contribution in [0.2, 0.25) is 5.02 Å². The summed E-state index contributed by atoms with van der Waals surface area (Å²) in [5, 5.41) is 21.0. The first kappa shape index (κ1) is 19.6. The van der Waals surface area contributed by atoms with Gasteiger partial charge in [0.15, 0.2) is 0 Å². The number of carboxylic acid groups (broad SMARTS) is 1. The minimum absolute atomic E-state index is 0.0290. The number of nitrogens with zero attached hydrogens (tertiary/aromatic N) is 4. The minimum Gasteiger partial charge on any atom is -0.478 e. The molecule has 2 heterocycles. The van der Waals surface area contributed by atoms with Crippen LogP contribution < -0.4 is 5.32 Å². The van der Waals surface area contributed by atoms with E-state index in [0.29, 0.717) is 22.9 Å². The van der Waals surface area contributed by atoms with Crippen LogP contribution in [-0.4, -0.2) is 36.5 Å². The number of carbonyl (C=O) groups is 2. The van der Waals surface area contributed by atoms with Crippen molar-refractivity contribution in [2.24, 2.45) is 0 Å². The third-order valence-electron chi connectivity index (χ3n) is 4.48. The molecule has 0 saturated heterocycles. The Morgan fingerprint density at radius 3 is 2.71 bits per heavy atom. The third kappa shape index (κ3) is 4.07. The highest BCUT2D eigenvalue weighted by Crippen LogP contribution is 2.22. The lowest BCUT2D eigenvalue weighted by Crippen LogP contribution is -2.24. The molecule has 3 aromatic rings. The second-order valence-electron chi connectivity index (χ2n) is 6.51. The molecular formula is C19H20ClN5O3. The van der Waals surface area contributed by atoms with Crippen LogP contribution in [-0.2, 0) is 11.3 Å². The summed E-state index contributed by atoms with van der Waals surface area (Å²) in [5.74, 6) is -1.40. The highest BCUT2D eigenvalue weighted by Gasteiger charge is 2.21. The smallest absolute Gasteiger partial charge is 0.338 e. The van der Waals surface area contributed by atoms with Gasteiger partial charge in [0.25, 0.3) is 0 Å². The van der Waals surface area contributed by atoms with Gasteiger partial charge in [-0.15, -0.1) is 0 Å². The number of aromatic nitrogens is 4. The number of carboxylic acids is 1. The van der Waals surface area contributed by atoms with E-state index in [0.717, 1.165) is 11.3 Å². The maximum atomic E-state index is 12.6. The fourth-order valence-electron chi connectivity index (χ4n) is 2.85. The zero-order valence-electron chi connectivity index (χ0n) is 15.7. The standard InChI is InChI=1S/C19H20ClN5O3/c1-11-17(12(2)25(23-11)9-14-5-4-6-16(20)7-14)22-18(26)13(3)24-10-15(8-21-24)19(27)28/h4-8,10,13H,9H2,1-3H3,(H,22,26)(H,27,28). The molecule has 8 nitrogen and oxygen atoms in total. The van der Waals surface area contributed by atoms with Crippen LogP contribution in [0, 0.1) is 13.8 Å². The lowest BCUT2D eigenvalue weighted by atomic mass is 10.2. The highest BCUT2D eigenvalue weighted by molar-refractivity contribution is 6.30. The quantitative estimate of drug-likeness (QED) is 0.659. The maximum absolute atomic E-state index is 12.6. The monoisotopic (exact) mass is 401 g/mol. The van der Waals surface area contributed by atoms with Crippen molar-refractivity contribution < 1.29 is 14.7 Å². The van der Waals surface area contributed by atoms with Gasteiger partial charge in [-0.25, -0.2) is 4.79 Å². The summed E-state index contributed by atoms with van der Waals surface area (Å²) in [6.07, 6.45) is 2.54. The van der Waals surface area contributed by atoms with Crippen LogP contribution >= 0.6 is 11.6 Å². The SMILES string of the molecule is Cc1nn(Cc2cccc(Cl)c2)c(C)c1NC(=O)C(C)n1cc(C(=O)O)cn1. The van der Waals surface area contributed by atoms with Gasteiger partial charge in [0.05, 0.1) is 35.4 Å². The Kier molecular flexibility index (Phi) is 5.51. The highest BCUT2D eigenvalue weighted by atomic mass is 35.5. The summed E-state index contributed by atoms with van der Waals surface area (Å²) in [6.45, 7) is 5.87. The zero-order chi connectivity index (χ0) is 20.4. The molecule has 1 atom stereocenters. The average Bonchev–Trinajstić information content (AvgIpc) is 3.23. The number of carbonyl (C=O) groups excluding carboxylic acids is 1. The Morgan fingerprint density at radius 2 is 2.07 bits per heavy atom. The summed E-state index contributed by atoms with van der Waals surface area (Å²) in [6, 6.07) is 6.84. The molecule has 0 aliphatic carbocycles. The number of hydrogen-bond acceptors (Lipinski definition) is 4. The fourth-order valence-corrected chi connectivity index (χ4v) is 3.06. The summed E-state index contributed by atoms with van der Waals surface area (Å²) >= 11 is 6.04. The van der Waals surface area contributed by atoms with Crippen molar-refractivity contribution in [3.05, 3.63) is 64.2 Å². The van der Waals surface area contributed by atoms with Crippen molar-refractivity contribution in [2.75, 3.05) is 5.32 Å². The molecule has 2 N–H and O–H groups in total. The van der Waals surface area contributed by atoms with Crippen LogP contribution in [0.4, 0.5) is 5.69 Å². The van der Waals surface area contributed by atoms with Gasteiger partial charge in [-0.2, -0.15) is 10.2 Å². The molecule has 2 aromatic heterocycles. The number of benzene rings is 1. The Labute approximate surface area is 166 Å². The van der Waals surface area contributed by atoms with E-state index in [1.54, 1.807) is 11.6 Å². The van der Waals surface area contributed by atoms with Gasteiger partial charge in [-0.05, 0) is 38.5 Å². The van der Waals surface area contributed by atoms with Crippen LogP contribution in [0.3, 0.4) is 0 Å². The third-order valence-corrected chi connectivity index (χ3v) is 4.71. The fraction of sp³-hybridized carbons (Fsp3) is 0.263. The minimum atomic E-state index is -1.09. The van der Waals surface area contributed by atoms with E-state index in [4.69, 9.17) is 16.7 Å². The van der Waals surface area contributed by atoms with E-state index >= 15 is 0 Å². The predicted molar refractivity (Wildman–Crippen MR) is 105 cm³/mol. The molecule has 0 fully saturated rings. The maximum Gasteiger partial charge on any atom is 0.338 e. The molecule has 0 spiro atoms. The van der Waals surface area contributed by atoms with Crippen molar-refractivity contribution >= 4 is 29.2 Å². The zero-order valence-corrected chi connectivity index (χ0v) is 16.4. The van der Waals surface area contributed by atoms with Gasteiger partial charge in [-0.3, -0.25) is 14.2 Å². The molecule has 1 amide bonds. The van der Waals surface area contributed by atoms with Crippen LogP contribution in [0.5, 0.6) is 0 Å². The summed E-state index contributed by atoms with van der Waals surface area (Å²) in [7, 11) is 0. The largest absolute Gasteiger partial charge is 0.478 e. The van der Waals surface area contributed by atoms with E-state index in [2.05, 4.69) is 15.5 Å². The van der Waals surface area contributed by atoms with E-state index in [1.807, 2.05) is 38.1 Å². The van der Waals surface area contributed by atoms with Crippen LogP contribution in [0.25, 0.3) is 0 Å². The number of rotatable bonds is 6. The number of halogens is 1. The molecule has 1 aromatic carbocycles. The van der Waals surface area contributed by atoms with E-state index in [-0.39, 0.29) is 11.5 Å². The molecule has 146 valence electrons. The average molecular weight is 402 g/mol. The van der Waals surface area contributed by atoms with Gasteiger partial charge < -0.3 is 10.4 Å². The lowest BCUT2D eigenvalue weighted by molar-refractivity contribution is -0.119. The van der Waals surface area contributed by atoms with Crippen molar-refractivity contribution in [1.82, 2.24) is 19.6 Å². The summed E-state index contributed by atoms with van der Waals surface area (Å²) in [4.78, 5) is 23.6. The molecule has 0 aliphatic heterocycles. The van der Waals surface area contributed by atoms with Crippen molar-refractivity contribution in [3.63, 3.8) is 0 Å². The van der Waals surface area contributed by atoms with Crippen LogP contribution in [0.15, 0.2) is 36.7 Å². The van der Waals surface area contributed by atoms with Gasteiger partial charge in [0, 0.05) is 11.2 Å². The number of nitrogens with one attached hydrogen (secondary N) is 1. The lowest BCUT2D eigenvalue weighted by Gasteiger charge is -2.13. The van der Waals surface area contributed by atoms with E-state index in [1.165, 1.54) is 17.1 Å². The molecule has 1 unspecified atom stereocenters.